The third-order valence-corrected chi connectivity index (χ3v) is 4.21. The van der Waals surface area contributed by atoms with Crippen LogP contribution in [0.2, 0.25) is 0 Å². The van der Waals surface area contributed by atoms with E-state index in [4.69, 9.17) is 5.11 Å². The predicted molar refractivity (Wildman–Crippen MR) is 80.2 cm³/mol. The first kappa shape index (κ1) is 15.0. The number of nitrogens with one attached hydrogen (secondary N) is 1. The summed E-state index contributed by atoms with van der Waals surface area (Å²) in [5, 5.41) is 12.2. The normalized spacial score (nSPS) is 17.1. The van der Waals surface area contributed by atoms with Crippen LogP contribution in [0.3, 0.4) is 0 Å². The van der Waals surface area contributed by atoms with Gasteiger partial charge in [-0.1, -0.05) is 56.0 Å². The van der Waals surface area contributed by atoms with Crippen molar-refractivity contribution in [1.29, 1.82) is 0 Å². The Bertz CT molecular complexity index is 399. The third-order valence-electron chi connectivity index (χ3n) is 4.21. The zero-order valence-corrected chi connectivity index (χ0v) is 12.1. The van der Waals surface area contributed by atoms with E-state index in [1.807, 2.05) is 30.3 Å². The molecule has 20 heavy (non-hydrogen) atoms. The largest absolute Gasteiger partial charge is 0.396 e. The molecule has 1 atom stereocenters. The lowest BCUT2D eigenvalue weighted by Gasteiger charge is -2.19. The van der Waals surface area contributed by atoms with Crippen LogP contribution in [0.15, 0.2) is 30.3 Å². The van der Waals surface area contributed by atoms with Crippen molar-refractivity contribution in [2.75, 3.05) is 6.61 Å². The van der Waals surface area contributed by atoms with Crippen LogP contribution >= 0.6 is 0 Å². The van der Waals surface area contributed by atoms with Gasteiger partial charge in [-0.3, -0.25) is 4.79 Å². The first-order chi connectivity index (χ1) is 9.79. The number of rotatable bonds is 7. The van der Waals surface area contributed by atoms with E-state index in [9.17, 15) is 4.79 Å². The summed E-state index contributed by atoms with van der Waals surface area (Å²) < 4.78 is 0. The van der Waals surface area contributed by atoms with Gasteiger partial charge >= 0.3 is 0 Å². The number of aliphatic hydroxyl groups is 1. The Morgan fingerprint density at radius 1 is 1.25 bits per heavy atom. The van der Waals surface area contributed by atoms with E-state index in [1.54, 1.807) is 0 Å². The molecule has 1 saturated carbocycles. The zero-order valence-electron chi connectivity index (χ0n) is 12.1. The fourth-order valence-electron chi connectivity index (χ4n) is 3.04. The zero-order chi connectivity index (χ0) is 14.2. The average molecular weight is 275 g/mol. The summed E-state index contributed by atoms with van der Waals surface area (Å²) in [6, 6.07) is 9.81. The minimum absolute atomic E-state index is 0.0720. The summed E-state index contributed by atoms with van der Waals surface area (Å²) in [6.07, 6.45) is 7.40. The number of aliphatic hydroxyl groups excluding tert-OH is 1. The van der Waals surface area contributed by atoms with E-state index >= 15 is 0 Å². The van der Waals surface area contributed by atoms with Crippen molar-refractivity contribution in [1.82, 2.24) is 5.32 Å². The van der Waals surface area contributed by atoms with E-state index < -0.39 is 0 Å². The number of benzene rings is 1. The van der Waals surface area contributed by atoms with E-state index in [0.717, 1.165) is 17.9 Å². The van der Waals surface area contributed by atoms with Crippen molar-refractivity contribution < 1.29 is 9.90 Å². The Morgan fingerprint density at radius 2 is 1.95 bits per heavy atom. The number of amides is 1. The molecular weight excluding hydrogens is 250 g/mol. The molecule has 3 heteroatoms. The van der Waals surface area contributed by atoms with E-state index in [0.29, 0.717) is 12.8 Å². The van der Waals surface area contributed by atoms with Gasteiger partial charge in [0.05, 0.1) is 6.04 Å². The fraction of sp³-hybridized carbons (Fsp3) is 0.588. The van der Waals surface area contributed by atoms with Crippen molar-refractivity contribution >= 4 is 5.91 Å². The lowest BCUT2D eigenvalue weighted by Crippen LogP contribution is -2.29. The van der Waals surface area contributed by atoms with Gasteiger partial charge in [0.1, 0.15) is 0 Å². The molecule has 1 unspecified atom stereocenters. The second kappa shape index (κ2) is 8.05. The van der Waals surface area contributed by atoms with Crippen LogP contribution in [0, 0.1) is 5.92 Å². The molecule has 110 valence electrons. The molecular formula is C17H25NO2. The smallest absolute Gasteiger partial charge is 0.220 e. The van der Waals surface area contributed by atoms with Crippen LogP contribution in [-0.4, -0.2) is 17.6 Å². The third kappa shape index (κ3) is 4.64. The number of carbonyl (C=O) groups is 1. The van der Waals surface area contributed by atoms with Gasteiger partial charge < -0.3 is 10.4 Å². The van der Waals surface area contributed by atoms with Crippen LogP contribution < -0.4 is 5.32 Å². The van der Waals surface area contributed by atoms with Gasteiger partial charge in [-0.25, -0.2) is 0 Å². The highest BCUT2D eigenvalue weighted by Crippen LogP contribution is 2.28. The summed E-state index contributed by atoms with van der Waals surface area (Å²) in [5.41, 5.74) is 1.07. The summed E-state index contributed by atoms with van der Waals surface area (Å²) >= 11 is 0. The predicted octanol–water partition coefficient (Wildman–Crippen LogP) is 3.20. The van der Waals surface area contributed by atoms with Crippen LogP contribution in [-0.2, 0) is 4.79 Å². The highest BCUT2D eigenvalue weighted by Gasteiger charge is 2.18. The molecule has 0 saturated heterocycles. The second-order valence-corrected chi connectivity index (χ2v) is 5.73. The monoisotopic (exact) mass is 275 g/mol. The molecule has 2 rings (SSSR count). The minimum atomic E-state index is -0.0720. The van der Waals surface area contributed by atoms with Crippen LogP contribution in [0.25, 0.3) is 0 Å². The lowest BCUT2D eigenvalue weighted by atomic mass is 10.0. The Hall–Kier alpha value is -1.35. The maximum atomic E-state index is 12.1. The molecule has 0 aromatic heterocycles. The quantitative estimate of drug-likeness (QED) is 0.803. The van der Waals surface area contributed by atoms with E-state index in [1.165, 1.54) is 25.7 Å². The van der Waals surface area contributed by atoms with Gasteiger partial charge in [-0.2, -0.15) is 0 Å². The summed E-state index contributed by atoms with van der Waals surface area (Å²) in [4.78, 5) is 12.1. The fourth-order valence-corrected chi connectivity index (χ4v) is 3.04. The van der Waals surface area contributed by atoms with Gasteiger partial charge in [-0.15, -0.1) is 0 Å². The van der Waals surface area contributed by atoms with Gasteiger partial charge in [0.2, 0.25) is 5.91 Å². The van der Waals surface area contributed by atoms with Crippen molar-refractivity contribution in [3.8, 4) is 0 Å². The molecule has 3 nitrogen and oxygen atoms in total. The Kier molecular flexibility index (Phi) is 6.06. The van der Waals surface area contributed by atoms with Crippen LogP contribution in [0.1, 0.15) is 56.6 Å². The molecule has 1 fully saturated rings. The maximum absolute atomic E-state index is 12.1. The molecule has 1 aliphatic carbocycles. The molecule has 1 aliphatic rings. The summed E-state index contributed by atoms with van der Waals surface area (Å²) in [6.45, 7) is 0.0858. The Morgan fingerprint density at radius 3 is 2.60 bits per heavy atom. The molecule has 1 aromatic carbocycles. The topological polar surface area (TPSA) is 49.3 Å². The van der Waals surface area contributed by atoms with Gasteiger partial charge in [0, 0.05) is 13.0 Å². The minimum Gasteiger partial charge on any atom is -0.396 e. The molecule has 2 N–H and O–H groups in total. The molecule has 1 aromatic rings. The number of hydrogen-bond donors (Lipinski definition) is 2. The van der Waals surface area contributed by atoms with Gasteiger partial charge in [0.15, 0.2) is 0 Å². The maximum Gasteiger partial charge on any atom is 0.220 e. The highest BCUT2D eigenvalue weighted by atomic mass is 16.3. The van der Waals surface area contributed by atoms with E-state index in [-0.39, 0.29) is 18.6 Å². The first-order valence-electron chi connectivity index (χ1n) is 7.74. The molecule has 1 amide bonds. The summed E-state index contributed by atoms with van der Waals surface area (Å²) in [7, 11) is 0. The van der Waals surface area contributed by atoms with Gasteiger partial charge in [-0.05, 0) is 24.3 Å². The standard InChI is InChI=1S/C17H25NO2/c19-13-12-16(15-8-2-1-3-9-15)18-17(20)11-10-14-6-4-5-7-14/h1-3,8-9,14,16,19H,4-7,10-13H2,(H,18,20). The van der Waals surface area contributed by atoms with Crippen LogP contribution in [0.5, 0.6) is 0 Å². The second-order valence-electron chi connectivity index (χ2n) is 5.73. The van der Waals surface area contributed by atoms with Crippen molar-refractivity contribution in [2.45, 2.75) is 51.0 Å². The molecule has 0 bridgehead atoms. The van der Waals surface area contributed by atoms with Gasteiger partial charge in [0.25, 0.3) is 0 Å². The first-order valence-corrected chi connectivity index (χ1v) is 7.74. The molecule has 0 radical (unpaired) electrons. The van der Waals surface area contributed by atoms with Crippen LogP contribution in [0.4, 0.5) is 0 Å². The molecule has 0 heterocycles. The van der Waals surface area contributed by atoms with Crippen molar-refractivity contribution in [3.63, 3.8) is 0 Å². The number of hydrogen-bond acceptors (Lipinski definition) is 2. The average Bonchev–Trinajstić information content (AvgIpc) is 2.99. The number of carbonyl (C=O) groups excluding carboxylic acids is 1. The molecule has 0 aliphatic heterocycles. The molecule has 0 spiro atoms. The highest BCUT2D eigenvalue weighted by molar-refractivity contribution is 5.76. The van der Waals surface area contributed by atoms with Crippen molar-refractivity contribution in [2.24, 2.45) is 5.92 Å². The lowest BCUT2D eigenvalue weighted by molar-refractivity contribution is -0.122. The summed E-state index contributed by atoms with van der Waals surface area (Å²) in [5.74, 6) is 0.855. The SMILES string of the molecule is O=C(CCC1CCCC1)NC(CCO)c1ccccc1. The Balaban J connectivity index is 1.82. The Labute approximate surface area is 121 Å². The van der Waals surface area contributed by atoms with E-state index in [2.05, 4.69) is 5.32 Å². The van der Waals surface area contributed by atoms with Crippen molar-refractivity contribution in [3.05, 3.63) is 35.9 Å².